The van der Waals surface area contributed by atoms with E-state index in [-0.39, 0.29) is 17.0 Å². The van der Waals surface area contributed by atoms with Gasteiger partial charge in [-0.3, -0.25) is 0 Å². The predicted molar refractivity (Wildman–Crippen MR) is 71.6 cm³/mol. The molecule has 2 aromatic carbocycles. The van der Waals surface area contributed by atoms with Crippen LogP contribution in [0.25, 0.3) is 0 Å². The first-order valence-electron chi connectivity index (χ1n) is 5.89. The van der Waals surface area contributed by atoms with Crippen molar-refractivity contribution in [1.82, 2.24) is 4.72 Å². The number of rotatable bonds is 4. The molecule has 0 saturated carbocycles. The van der Waals surface area contributed by atoms with E-state index < -0.39 is 21.7 Å². The maximum absolute atomic E-state index is 13.4. The Bertz CT molecular complexity index is 712. The van der Waals surface area contributed by atoms with Crippen LogP contribution in [0.15, 0.2) is 47.4 Å². The summed E-state index contributed by atoms with van der Waals surface area (Å²) >= 11 is 0. The van der Waals surface area contributed by atoms with Gasteiger partial charge in [0.05, 0.1) is 4.90 Å². The zero-order chi connectivity index (χ0) is 14.8. The van der Waals surface area contributed by atoms with E-state index >= 15 is 0 Å². The number of benzene rings is 2. The first-order chi connectivity index (χ1) is 9.38. The van der Waals surface area contributed by atoms with Gasteiger partial charge < -0.3 is 0 Å². The topological polar surface area (TPSA) is 46.2 Å². The molecule has 0 aliphatic rings. The molecular weight excluding hydrogens is 284 g/mol. The fourth-order valence-electron chi connectivity index (χ4n) is 1.64. The normalized spacial score (nSPS) is 11.6. The van der Waals surface area contributed by atoms with E-state index in [9.17, 15) is 17.2 Å². The lowest BCUT2D eigenvalue weighted by molar-refractivity contribution is 0.562. The molecule has 0 aromatic heterocycles. The molecule has 2 aromatic rings. The zero-order valence-corrected chi connectivity index (χ0v) is 11.5. The van der Waals surface area contributed by atoms with Crippen molar-refractivity contribution in [1.29, 1.82) is 0 Å². The molecule has 0 aliphatic heterocycles. The Morgan fingerprint density at radius 2 is 1.70 bits per heavy atom. The number of sulfonamides is 1. The lowest BCUT2D eigenvalue weighted by Gasteiger charge is -2.08. The molecule has 0 bridgehead atoms. The van der Waals surface area contributed by atoms with Crippen molar-refractivity contribution in [3.8, 4) is 0 Å². The number of aryl methyl sites for hydroxylation is 1. The highest BCUT2D eigenvalue weighted by Crippen LogP contribution is 2.13. The highest BCUT2D eigenvalue weighted by molar-refractivity contribution is 7.89. The standard InChI is InChI=1S/C14H13F2NO2S/c1-10-2-6-13(7-3-10)20(18,19)17-9-11-4-5-12(15)8-14(11)16/h2-8,17H,9H2,1H3. The van der Waals surface area contributed by atoms with Gasteiger partial charge in [0.2, 0.25) is 10.0 Å². The third-order valence-corrected chi connectivity index (χ3v) is 4.22. The Labute approximate surface area is 116 Å². The maximum atomic E-state index is 13.4. The van der Waals surface area contributed by atoms with Crippen LogP contribution < -0.4 is 4.72 Å². The van der Waals surface area contributed by atoms with Crippen molar-refractivity contribution in [2.24, 2.45) is 0 Å². The minimum absolute atomic E-state index is 0.0853. The lowest BCUT2D eigenvalue weighted by Crippen LogP contribution is -2.23. The van der Waals surface area contributed by atoms with Crippen molar-refractivity contribution >= 4 is 10.0 Å². The number of hydrogen-bond acceptors (Lipinski definition) is 2. The van der Waals surface area contributed by atoms with Gasteiger partial charge >= 0.3 is 0 Å². The van der Waals surface area contributed by atoms with Gasteiger partial charge in [-0.2, -0.15) is 0 Å². The minimum atomic E-state index is -3.71. The summed E-state index contributed by atoms with van der Waals surface area (Å²) in [4.78, 5) is 0.102. The predicted octanol–water partition coefficient (Wildman–Crippen LogP) is 2.75. The van der Waals surface area contributed by atoms with Crippen LogP contribution in [0.5, 0.6) is 0 Å². The quantitative estimate of drug-likeness (QED) is 0.943. The number of nitrogens with one attached hydrogen (secondary N) is 1. The molecule has 0 aliphatic carbocycles. The molecule has 1 N–H and O–H groups in total. The molecule has 2 rings (SSSR count). The van der Waals surface area contributed by atoms with Crippen LogP contribution >= 0.6 is 0 Å². The molecule has 0 unspecified atom stereocenters. The van der Waals surface area contributed by atoms with Gasteiger partial charge in [0.1, 0.15) is 11.6 Å². The highest BCUT2D eigenvalue weighted by atomic mass is 32.2. The summed E-state index contributed by atoms with van der Waals surface area (Å²) in [5.74, 6) is -1.48. The van der Waals surface area contributed by atoms with E-state index in [2.05, 4.69) is 4.72 Å². The van der Waals surface area contributed by atoms with E-state index in [0.717, 1.165) is 17.7 Å². The minimum Gasteiger partial charge on any atom is -0.207 e. The summed E-state index contributed by atoms with van der Waals surface area (Å²) in [7, 11) is -3.71. The Balaban J connectivity index is 2.15. The molecule has 0 fully saturated rings. The van der Waals surface area contributed by atoms with E-state index in [1.54, 1.807) is 12.1 Å². The van der Waals surface area contributed by atoms with E-state index in [1.165, 1.54) is 18.2 Å². The first kappa shape index (κ1) is 14.6. The molecule has 0 amide bonds. The highest BCUT2D eigenvalue weighted by Gasteiger charge is 2.14. The average Bonchev–Trinajstić information content (AvgIpc) is 2.38. The van der Waals surface area contributed by atoms with Gasteiger partial charge in [-0.15, -0.1) is 0 Å². The monoisotopic (exact) mass is 297 g/mol. The first-order valence-corrected chi connectivity index (χ1v) is 7.37. The van der Waals surface area contributed by atoms with Gasteiger partial charge in [-0.25, -0.2) is 21.9 Å². The lowest BCUT2D eigenvalue weighted by atomic mass is 10.2. The van der Waals surface area contributed by atoms with Gasteiger partial charge in [0.25, 0.3) is 0 Å². The van der Waals surface area contributed by atoms with Crippen molar-refractivity contribution < 1.29 is 17.2 Å². The molecule has 20 heavy (non-hydrogen) atoms. The fourth-order valence-corrected chi connectivity index (χ4v) is 2.65. The molecule has 3 nitrogen and oxygen atoms in total. The maximum Gasteiger partial charge on any atom is 0.240 e. The molecular formula is C14H13F2NO2S. The van der Waals surface area contributed by atoms with Crippen LogP contribution in [-0.4, -0.2) is 8.42 Å². The summed E-state index contributed by atoms with van der Waals surface area (Å²) in [6.07, 6.45) is 0. The molecule has 6 heteroatoms. The second-order valence-electron chi connectivity index (χ2n) is 4.37. The Morgan fingerprint density at radius 3 is 2.30 bits per heavy atom. The third kappa shape index (κ3) is 3.40. The number of halogens is 2. The SMILES string of the molecule is Cc1ccc(S(=O)(=O)NCc2ccc(F)cc2F)cc1. The van der Waals surface area contributed by atoms with Gasteiger partial charge in [0, 0.05) is 18.2 Å². The van der Waals surface area contributed by atoms with Crippen LogP contribution in [0.1, 0.15) is 11.1 Å². The molecule has 0 saturated heterocycles. The van der Waals surface area contributed by atoms with E-state index in [4.69, 9.17) is 0 Å². The van der Waals surface area contributed by atoms with Crippen molar-refractivity contribution in [2.45, 2.75) is 18.4 Å². The van der Waals surface area contributed by atoms with Crippen LogP contribution in [-0.2, 0) is 16.6 Å². The summed E-state index contributed by atoms with van der Waals surface area (Å²) in [6.45, 7) is 1.61. The summed E-state index contributed by atoms with van der Waals surface area (Å²) < 4.78 is 52.4. The van der Waals surface area contributed by atoms with Crippen molar-refractivity contribution in [3.05, 3.63) is 65.2 Å². The Kier molecular flexibility index (Phi) is 4.15. The van der Waals surface area contributed by atoms with Crippen molar-refractivity contribution in [3.63, 3.8) is 0 Å². The smallest absolute Gasteiger partial charge is 0.207 e. The van der Waals surface area contributed by atoms with E-state index in [0.29, 0.717) is 0 Å². The second kappa shape index (κ2) is 5.68. The largest absolute Gasteiger partial charge is 0.240 e. The molecule has 0 spiro atoms. The van der Waals surface area contributed by atoms with Crippen LogP contribution in [0.3, 0.4) is 0 Å². The van der Waals surface area contributed by atoms with Gasteiger partial charge in [0.15, 0.2) is 0 Å². The molecule has 0 atom stereocenters. The third-order valence-electron chi connectivity index (χ3n) is 2.80. The Morgan fingerprint density at radius 1 is 1.05 bits per heavy atom. The average molecular weight is 297 g/mol. The summed E-state index contributed by atoms with van der Waals surface area (Å²) in [5.41, 5.74) is 1.02. The summed E-state index contributed by atoms with van der Waals surface area (Å²) in [5, 5.41) is 0. The van der Waals surface area contributed by atoms with Crippen LogP contribution in [0.4, 0.5) is 8.78 Å². The second-order valence-corrected chi connectivity index (χ2v) is 6.14. The number of hydrogen-bond donors (Lipinski definition) is 1. The summed E-state index contributed by atoms with van der Waals surface area (Å²) in [6, 6.07) is 9.30. The Hall–Kier alpha value is -1.79. The fraction of sp³-hybridized carbons (Fsp3) is 0.143. The molecule has 0 radical (unpaired) electrons. The molecule has 0 heterocycles. The van der Waals surface area contributed by atoms with Gasteiger partial charge in [-0.05, 0) is 25.1 Å². The van der Waals surface area contributed by atoms with Crippen LogP contribution in [0.2, 0.25) is 0 Å². The van der Waals surface area contributed by atoms with Crippen molar-refractivity contribution in [2.75, 3.05) is 0 Å². The molecule has 106 valence electrons. The van der Waals surface area contributed by atoms with Gasteiger partial charge in [-0.1, -0.05) is 23.8 Å². The zero-order valence-electron chi connectivity index (χ0n) is 10.7. The van der Waals surface area contributed by atoms with Crippen LogP contribution in [0, 0.1) is 18.6 Å². The van der Waals surface area contributed by atoms with E-state index in [1.807, 2.05) is 6.92 Å².